The van der Waals surface area contributed by atoms with Crippen molar-refractivity contribution in [2.24, 2.45) is 0 Å². The zero-order valence-electron chi connectivity index (χ0n) is 7.85. The minimum atomic E-state index is 1.07. The van der Waals surface area contributed by atoms with Crippen LogP contribution in [0.15, 0.2) is 58.2 Å². The Balaban J connectivity index is 1.79. The highest BCUT2D eigenvalue weighted by Gasteiger charge is 1.95. The summed E-state index contributed by atoms with van der Waals surface area (Å²) in [6.45, 7) is 0. The highest BCUT2D eigenvalue weighted by molar-refractivity contribution is 7.99. The molecular formula is C12H12OS. The molecule has 1 aromatic heterocycles. The van der Waals surface area contributed by atoms with Crippen molar-refractivity contribution in [3.63, 3.8) is 0 Å². The maximum atomic E-state index is 5.01. The van der Waals surface area contributed by atoms with E-state index in [0.717, 1.165) is 12.2 Å². The minimum absolute atomic E-state index is 1.07. The number of hydrogen-bond donors (Lipinski definition) is 0. The lowest BCUT2D eigenvalue weighted by Gasteiger charge is -1.98. The molecule has 0 saturated heterocycles. The van der Waals surface area contributed by atoms with E-state index in [1.54, 1.807) is 6.26 Å². The van der Waals surface area contributed by atoms with Crippen LogP contribution in [0.25, 0.3) is 0 Å². The van der Waals surface area contributed by atoms with Crippen molar-refractivity contribution in [1.82, 2.24) is 0 Å². The Hall–Kier alpha value is -1.15. The van der Waals surface area contributed by atoms with Crippen LogP contribution in [0.4, 0.5) is 0 Å². The van der Waals surface area contributed by atoms with E-state index in [4.69, 9.17) is 4.42 Å². The molecule has 0 radical (unpaired) electrons. The molecule has 72 valence electrons. The molecule has 14 heavy (non-hydrogen) atoms. The molecule has 2 heteroatoms. The van der Waals surface area contributed by atoms with Crippen LogP contribution >= 0.6 is 11.8 Å². The maximum absolute atomic E-state index is 5.01. The third-order valence-electron chi connectivity index (χ3n) is 1.98. The average Bonchev–Trinajstić information content (AvgIpc) is 2.72. The van der Waals surface area contributed by atoms with Gasteiger partial charge >= 0.3 is 0 Å². The number of benzene rings is 1. The van der Waals surface area contributed by atoms with Crippen molar-refractivity contribution in [1.29, 1.82) is 0 Å². The molecule has 1 aromatic carbocycles. The summed E-state index contributed by atoms with van der Waals surface area (Å²) < 4.78 is 5.01. The van der Waals surface area contributed by atoms with E-state index >= 15 is 0 Å². The molecule has 0 spiro atoms. The highest BCUT2D eigenvalue weighted by Crippen LogP contribution is 2.18. The van der Waals surface area contributed by atoms with Gasteiger partial charge in [-0.25, -0.2) is 0 Å². The Labute approximate surface area is 88.1 Å². The second-order valence-electron chi connectivity index (χ2n) is 3.04. The quantitative estimate of drug-likeness (QED) is 0.706. The van der Waals surface area contributed by atoms with Gasteiger partial charge in [0.05, 0.1) is 12.5 Å². The van der Waals surface area contributed by atoms with Gasteiger partial charge in [0.15, 0.2) is 0 Å². The largest absolute Gasteiger partial charge is 0.472 e. The van der Waals surface area contributed by atoms with Gasteiger partial charge in [-0.3, -0.25) is 0 Å². The zero-order chi connectivity index (χ0) is 9.64. The second kappa shape index (κ2) is 4.91. The first-order valence-corrected chi connectivity index (χ1v) is 5.62. The lowest BCUT2D eigenvalue weighted by molar-refractivity contribution is 0.564. The first-order chi connectivity index (χ1) is 6.95. The monoisotopic (exact) mass is 204 g/mol. The summed E-state index contributed by atoms with van der Waals surface area (Å²) in [5.74, 6) is 1.10. The summed E-state index contributed by atoms with van der Waals surface area (Å²) in [6.07, 6.45) is 4.60. The third kappa shape index (κ3) is 2.67. The lowest BCUT2D eigenvalue weighted by Crippen LogP contribution is -1.84. The number of hydrogen-bond acceptors (Lipinski definition) is 2. The minimum Gasteiger partial charge on any atom is -0.472 e. The van der Waals surface area contributed by atoms with E-state index in [1.807, 2.05) is 30.2 Å². The molecule has 0 aliphatic heterocycles. The summed E-state index contributed by atoms with van der Waals surface area (Å²) in [4.78, 5) is 1.33. The van der Waals surface area contributed by atoms with Gasteiger partial charge in [-0.05, 0) is 30.2 Å². The summed E-state index contributed by atoms with van der Waals surface area (Å²) in [5.41, 5.74) is 1.27. The Morgan fingerprint density at radius 2 is 1.93 bits per heavy atom. The molecule has 2 rings (SSSR count). The Morgan fingerprint density at radius 3 is 2.64 bits per heavy atom. The van der Waals surface area contributed by atoms with E-state index in [2.05, 4.69) is 24.3 Å². The fraction of sp³-hybridized carbons (Fsp3) is 0.167. The van der Waals surface area contributed by atoms with Crippen molar-refractivity contribution < 1.29 is 4.42 Å². The molecule has 0 aliphatic rings. The van der Waals surface area contributed by atoms with Crippen LogP contribution < -0.4 is 0 Å². The van der Waals surface area contributed by atoms with Crippen LogP contribution in [0, 0.1) is 0 Å². The summed E-state index contributed by atoms with van der Waals surface area (Å²) >= 11 is 1.88. The molecule has 0 N–H and O–H groups in total. The molecular weight excluding hydrogens is 192 g/mol. The van der Waals surface area contributed by atoms with E-state index in [1.165, 1.54) is 10.5 Å². The average molecular weight is 204 g/mol. The predicted octanol–water partition coefficient (Wildman–Crippen LogP) is 3.61. The summed E-state index contributed by atoms with van der Waals surface area (Å²) in [5, 5.41) is 0. The van der Waals surface area contributed by atoms with Crippen LogP contribution in [0.2, 0.25) is 0 Å². The third-order valence-corrected chi connectivity index (χ3v) is 3.00. The fourth-order valence-electron chi connectivity index (χ4n) is 1.24. The zero-order valence-corrected chi connectivity index (χ0v) is 8.67. The molecule has 1 heterocycles. The highest BCUT2D eigenvalue weighted by atomic mass is 32.2. The Kier molecular flexibility index (Phi) is 3.30. The van der Waals surface area contributed by atoms with Crippen LogP contribution in [-0.4, -0.2) is 5.75 Å². The SMILES string of the molecule is c1ccc(SCCc2ccoc2)cc1. The molecule has 2 aromatic rings. The Bertz CT molecular complexity index is 353. The van der Waals surface area contributed by atoms with Crippen molar-refractivity contribution in [3.05, 3.63) is 54.5 Å². The van der Waals surface area contributed by atoms with Crippen molar-refractivity contribution in [2.75, 3.05) is 5.75 Å². The summed E-state index contributed by atoms with van der Waals surface area (Å²) in [7, 11) is 0. The second-order valence-corrected chi connectivity index (χ2v) is 4.21. The van der Waals surface area contributed by atoms with Crippen molar-refractivity contribution in [3.8, 4) is 0 Å². The van der Waals surface area contributed by atoms with Gasteiger partial charge in [-0.15, -0.1) is 11.8 Å². The van der Waals surface area contributed by atoms with Crippen molar-refractivity contribution >= 4 is 11.8 Å². The Morgan fingerprint density at radius 1 is 1.07 bits per heavy atom. The first-order valence-electron chi connectivity index (χ1n) is 4.64. The van der Waals surface area contributed by atoms with Gasteiger partial charge in [0.1, 0.15) is 0 Å². The normalized spacial score (nSPS) is 10.3. The number of rotatable bonds is 4. The number of aryl methyl sites for hydroxylation is 1. The molecule has 0 aliphatic carbocycles. The van der Waals surface area contributed by atoms with Gasteiger partial charge in [-0.1, -0.05) is 18.2 Å². The number of thioether (sulfide) groups is 1. The van der Waals surface area contributed by atoms with E-state index < -0.39 is 0 Å². The predicted molar refractivity (Wildman–Crippen MR) is 59.6 cm³/mol. The fourth-order valence-corrected chi connectivity index (χ4v) is 2.16. The molecule has 0 atom stereocenters. The van der Waals surface area contributed by atoms with Gasteiger partial charge in [0.2, 0.25) is 0 Å². The first kappa shape index (κ1) is 9.41. The van der Waals surface area contributed by atoms with Crippen LogP contribution in [-0.2, 0) is 6.42 Å². The molecule has 0 amide bonds. The maximum Gasteiger partial charge on any atom is 0.0934 e. The molecule has 0 saturated carbocycles. The van der Waals surface area contributed by atoms with Gasteiger partial charge in [0, 0.05) is 10.6 Å². The van der Waals surface area contributed by atoms with Crippen LogP contribution in [0.3, 0.4) is 0 Å². The van der Waals surface area contributed by atoms with Crippen LogP contribution in [0.1, 0.15) is 5.56 Å². The van der Waals surface area contributed by atoms with Gasteiger partial charge in [-0.2, -0.15) is 0 Å². The topological polar surface area (TPSA) is 13.1 Å². The van der Waals surface area contributed by atoms with E-state index in [0.29, 0.717) is 0 Å². The van der Waals surface area contributed by atoms with Gasteiger partial charge in [0.25, 0.3) is 0 Å². The summed E-state index contributed by atoms with van der Waals surface area (Å²) in [6, 6.07) is 12.5. The van der Waals surface area contributed by atoms with Crippen LogP contribution in [0.5, 0.6) is 0 Å². The lowest BCUT2D eigenvalue weighted by atomic mass is 10.3. The number of furan rings is 1. The smallest absolute Gasteiger partial charge is 0.0934 e. The van der Waals surface area contributed by atoms with E-state index in [-0.39, 0.29) is 0 Å². The standard InChI is InChI=1S/C12H12OS/c1-2-4-12(5-3-1)14-9-7-11-6-8-13-10-11/h1-6,8,10H,7,9H2. The van der Waals surface area contributed by atoms with E-state index in [9.17, 15) is 0 Å². The molecule has 0 unspecified atom stereocenters. The van der Waals surface area contributed by atoms with Gasteiger partial charge < -0.3 is 4.42 Å². The molecule has 0 fully saturated rings. The van der Waals surface area contributed by atoms with Crippen molar-refractivity contribution in [2.45, 2.75) is 11.3 Å². The molecule has 0 bridgehead atoms. The molecule has 1 nitrogen and oxygen atoms in total.